The van der Waals surface area contributed by atoms with Gasteiger partial charge in [-0.3, -0.25) is 14.4 Å². The molecule has 0 amide bonds. The van der Waals surface area contributed by atoms with Gasteiger partial charge in [0.05, 0.1) is 7.11 Å². The van der Waals surface area contributed by atoms with Crippen LogP contribution in [0, 0.1) is 40.4 Å². The summed E-state index contributed by atoms with van der Waals surface area (Å²) in [6.45, 7) is 10.1. The SMILES string of the molecule is COC(=O)CCC(C)C1CCC2C3C(=CCC12C)C1(C)CCC(OC(C)=O)CC1CC3OC(C)=O. The molecule has 9 unspecified atom stereocenters. The van der Waals surface area contributed by atoms with E-state index in [1.54, 1.807) is 0 Å². The first-order valence-corrected chi connectivity index (χ1v) is 13.6. The molecule has 0 spiro atoms. The molecule has 0 aromatic carbocycles. The zero-order valence-corrected chi connectivity index (χ0v) is 22.4. The van der Waals surface area contributed by atoms with E-state index >= 15 is 0 Å². The first-order valence-electron chi connectivity index (χ1n) is 13.6. The molecule has 0 bridgehead atoms. The highest BCUT2D eigenvalue weighted by Crippen LogP contribution is 2.67. The molecule has 3 fully saturated rings. The van der Waals surface area contributed by atoms with Gasteiger partial charge in [0.2, 0.25) is 0 Å². The van der Waals surface area contributed by atoms with Gasteiger partial charge < -0.3 is 14.2 Å². The van der Waals surface area contributed by atoms with Crippen molar-refractivity contribution in [1.29, 1.82) is 0 Å². The van der Waals surface area contributed by atoms with Crippen molar-refractivity contribution in [2.24, 2.45) is 40.4 Å². The zero-order chi connectivity index (χ0) is 25.5. The summed E-state index contributed by atoms with van der Waals surface area (Å²) in [5, 5.41) is 0. The zero-order valence-electron chi connectivity index (χ0n) is 22.4. The Morgan fingerprint density at radius 2 is 1.77 bits per heavy atom. The van der Waals surface area contributed by atoms with Gasteiger partial charge in [-0.05, 0) is 85.9 Å². The predicted molar refractivity (Wildman–Crippen MR) is 132 cm³/mol. The molecule has 0 heterocycles. The van der Waals surface area contributed by atoms with Crippen LogP contribution >= 0.6 is 0 Å². The van der Waals surface area contributed by atoms with Gasteiger partial charge >= 0.3 is 17.9 Å². The molecule has 35 heavy (non-hydrogen) atoms. The van der Waals surface area contributed by atoms with Gasteiger partial charge in [-0.2, -0.15) is 0 Å². The Labute approximate surface area is 210 Å². The van der Waals surface area contributed by atoms with Gasteiger partial charge in [0.1, 0.15) is 12.2 Å². The maximum atomic E-state index is 12.2. The Bertz CT molecular complexity index is 878. The number of methoxy groups -OCH3 is 1. The number of fused-ring (bicyclic) bond motifs is 5. The average Bonchev–Trinajstić information content (AvgIpc) is 3.14. The van der Waals surface area contributed by atoms with E-state index in [1.165, 1.54) is 26.5 Å². The molecule has 0 aromatic rings. The second-order valence-corrected chi connectivity index (χ2v) is 12.3. The molecule has 4 rings (SSSR count). The lowest BCUT2D eigenvalue weighted by Crippen LogP contribution is -2.54. The second kappa shape index (κ2) is 9.89. The summed E-state index contributed by atoms with van der Waals surface area (Å²) in [7, 11) is 1.46. The molecular formula is C29H44O6. The van der Waals surface area contributed by atoms with Crippen molar-refractivity contribution in [2.75, 3.05) is 7.11 Å². The molecule has 0 aromatic heterocycles. The third kappa shape index (κ3) is 4.79. The Morgan fingerprint density at radius 1 is 1.06 bits per heavy atom. The maximum Gasteiger partial charge on any atom is 0.305 e. The number of ether oxygens (including phenoxy) is 3. The smallest absolute Gasteiger partial charge is 0.305 e. The van der Waals surface area contributed by atoms with Crippen LogP contribution in [-0.2, 0) is 28.6 Å². The first-order chi connectivity index (χ1) is 16.5. The van der Waals surface area contributed by atoms with E-state index in [0.29, 0.717) is 30.1 Å². The summed E-state index contributed by atoms with van der Waals surface area (Å²) in [6.07, 6.45) is 10.6. The second-order valence-electron chi connectivity index (χ2n) is 12.3. The fraction of sp³-hybridized carbons (Fsp3) is 0.828. The highest BCUT2D eigenvalue weighted by atomic mass is 16.5. The largest absolute Gasteiger partial charge is 0.469 e. The van der Waals surface area contributed by atoms with E-state index in [4.69, 9.17) is 14.2 Å². The monoisotopic (exact) mass is 488 g/mol. The Morgan fingerprint density at radius 3 is 2.43 bits per heavy atom. The average molecular weight is 489 g/mol. The molecule has 196 valence electrons. The van der Waals surface area contributed by atoms with Crippen LogP contribution in [0.4, 0.5) is 0 Å². The number of rotatable bonds is 6. The maximum absolute atomic E-state index is 12.2. The van der Waals surface area contributed by atoms with Crippen LogP contribution in [0.2, 0.25) is 0 Å². The van der Waals surface area contributed by atoms with Gasteiger partial charge in [0.25, 0.3) is 0 Å². The minimum Gasteiger partial charge on any atom is -0.469 e. The Kier molecular flexibility index (Phi) is 7.41. The van der Waals surface area contributed by atoms with Gasteiger partial charge in [-0.25, -0.2) is 0 Å². The third-order valence-electron chi connectivity index (χ3n) is 10.4. The predicted octanol–water partition coefficient (Wildman–Crippen LogP) is 5.63. The summed E-state index contributed by atoms with van der Waals surface area (Å²) in [4.78, 5) is 35.6. The third-order valence-corrected chi connectivity index (χ3v) is 10.4. The van der Waals surface area contributed by atoms with E-state index in [2.05, 4.69) is 26.8 Å². The van der Waals surface area contributed by atoms with Crippen molar-refractivity contribution < 1.29 is 28.6 Å². The van der Waals surface area contributed by atoms with Crippen molar-refractivity contribution in [3.63, 3.8) is 0 Å². The van der Waals surface area contributed by atoms with Crippen molar-refractivity contribution >= 4 is 17.9 Å². The minimum absolute atomic E-state index is 0.0407. The van der Waals surface area contributed by atoms with Crippen LogP contribution in [0.1, 0.15) is 92.4 Å². The van der Waals surface area contributed by atoms with E-state index in [9.17, 15) is 14.4 Å². The standard InChI is InChI=1S/C29H44O6/c1-17(7-10-26(32)33-6)22-8-9-23-27-24(12-14-29(22,23)5)28(4)13-11-21(34-18(2)30)15-20(28)16-25(27)35-19(3)31/h12,17,20-23,25,27H,7-11,13-16H2,1-6H3. The van der Waals surface area contributed by atoms with E-state index in [1.807, 2.05) is 0 Å². The minimum atomic E-state index is -0.213. The molecule has 6 heteroatoms. The summed E-state index contributed by atoms with van der Waals surface area (Å²) < 4.78 is 16.6. The van der Waals surface area contributed by atoms with Crippen LogP contribution < -0.4 is 0 Å². The summed E-state index contributed by atoms with van der Waals surface area (Å²) in [5.74, 6) is 1.49. The van der Waals surface area contributed by atoms with Gasteiger partial charge in [-0.1, -0.05) is 32.4 Å². The van der Waals surface area contributed by atoms with Crippen molar-refractivity contribution in [3.05, 3.63) is 11.6 Å². The summed E-state index contributed by atoms with van der Waals surface area (Å²) >= 11 is 0. The van der Waals surface area contributed by atoms with Crippen molar-refractivity contribution in [1.82, 2.24) is 0 Å². The number of hydrogen-bond donors (Lipinski definition) is 0. The van der Waals surface area contributed by atoms with Crippen molar-refractivity contribution in [2.45, 2.75) is 105 Å². The van der Waals surface area contributed by atoms with Crippen LogP contribution in [-0.4, -0.2) is 37.2 Å². The van der Waals surface area contributed by atoms with E-state index in [-0.39, 0.29) is 46.9 Å². The van der Waals surface area contributed by atoms with Crippen molar-refractivity contribution in [3.8, 4) is 0 Å². The van der Waals surface area contributed by atoms with Crippen LogP contribution in [0.3, 0.4) is 0 Å². The number of carbonyl (C=O) groups excluding carboxylic acids is 3. The molecule has 3 saturated carbocycles. The molecule has 0 radical (unpaired) electrons. The fourth-order valence-corrected chi connectivity index (χ4v) is 8.73. The van der Waals surface area contributed by atoms with Gasteiger partial charge in [0.15, 0.2) is 0 Å². The molecule has 0 N–H and O–H groups in total. The number of carbonyl (C=O) groups is 3. The highest BCUT2D eigenvalue weighted by Gasteiger charge is 2.61. The molecule has 4 aliphatic carbocycles. The topological polar surface area (TPSA) is 78.9 Å². The Hall–Kier alpha value is -1.85. The number of esters is 3. The molecule has 4 aliphatic rings. The lowest BCUT2D eigenvalue weighted by molar-refractivity contribution is -0.161. The number of allylic oxidation sites excluding steroid dienone is 1. The lowest BCUT2D eigenvalue weighted by Gasteiger charge is -2.59. The fourth-order valence-electron chi connectivity index (χ4n) is 8.73. The first kappa shape index (κ1) is 26.2. The van der Waals surface area contributed by atoms with E-state index in [0.717, 1.165) is 51.4 Å². The van der Waals surface area contributed by atoms with Crippen LogP contribution in [0.25, 0.3) is 0 Å². The van der Waals surface area contributed by atoms with Gasteiger partial charge in [-0.15, -0.1) is 0 Å². The quantitative estimate of drug-likeness (QED) is 0.274. The summed E-state index contributed by atoms with van der Waals surface area (Å²) in [6, 6.07) is 0. The van der Waals surface area contributed by atoms with Crippen LogP contribution in [0.15, 0.2) is 11.6 Å². The molecule has 9 atom stereocenters. The van der Waals surface area contributed by atoms with Gasteiger partial charge in [0, 0.05) is 26.2 Å². The molecule has 0 aliphatic heterocycles. The number of hydrogen-bond acceptors (Lipinski definition) is 6. The van der Waals surface area contributed by atoms with E-state index < -0.39 is 0 Å². The molecular weight excluding hydrogens is 444 g/mol. The molecule has 6 nitrogen and oxygen atoms in total. The highest BCUT2D eigenvalue weighted by molar-refractivity contribution is 5.69. The van der Waals surface area contributed by atoms with Crippen LogP contribution in [0.5, 0.6) is 0 Å². The summed E-state index contributed by atoms with van der Waals surface area (Å²) in [5.41, 5.74) is 1.69. The lowest BCUT2D eigenvalue weighted by atomic mass is 9.47. The normalized spacial score (nSPS) is 40.9. The Balaban J connectivity index is 1.62. The molecule has 0 saturated heterocycles.